The summed E-state index contributed by atoms with van der Waals surface area (Å²) in [6.07, 6.45) is 0.448. The SMILES string of the molecule is CN(C)S(=O)(=O)c1ccc(-c2c(Cl)cc(Cc3nc(N)n[nH]3)cc2Cl)cc1. The van der Waals surface area contributed by atoms with E-state index in [0.717, 1.165) is 15.4 Å². The topological polar surface area (TPSA) is 105 Å². The van der Waals surface area contributed by atoms with Gasteiger partial charge in [-0.2, -0.15) is 4.98 Å². The third kappa shape index (κ3) is 4.08. The maximum atomic E-state index is 12.2. The maximum absolute atomic E-state index is 12.2. The Bertz CT molecular complexity index is 1060. The van der Waals surface area contributed by atoms with Crippen LogP contribution in [-0.2, 0) is 16.4 Å². The molecule has 0 aliphatic carbocycles. The molecule has 0 radical (unpaired) electrons. The van der Waals surface area contributed by atoms with Crippen LogP contribution < -0.4 is 5.73 Å². The first kappa shape index (κ1) is 19.6. The lowest BCUT2D eigenvalue weighted by Crippen LogP contribution is -2.22. The molecule has 0 saturated heterocycles. The van der Waals surface area contributed by atoms with Gasteiger partial charge in [0.1, 0.15) is 5.82 Å². The van der Waals surface area contributed by atoms with E-state index in [1.165, 1.54) is 26.2 Å². The standard InChI is InChI=1S/C17H17Cl2N5O2S/c1-24(2)27(25,26)12-5-3-11(4-6-12)16-13(18)7-10(8-14(16)19)9-15-21-17(20)23-22-15/h3-8H,9H2,1-2H3,(H3,20,21,22,23). The number of halogens is 2. The summed E-state index contributed by atoms with van der Waals surface area (Å²) in [6, 6.07) is 9.99. The number of aromatic nitrogens is 3. The van der Waals surface area contributed by atoms with Gasteiger partial charge < -0.3 is 5.73 Å². The predicted molar refractivity (Wildman–Crippen MR) is 106 cm³/mol. The Hall–Kier alpha value is -2.13. The molecule has 0 fully saturated rings. The monoisotopic (exact) mass is 425 g/mol. The minimum absolute atomic E-state index is 0.173. The van der Waals surface area contributed by atoms with E-state index in [9.17, 15) is 8.42 Å². The number of nitrogens with one attached hydrogen (secondary N) is 1. The van der Waals surface area contributed by atoms with E-state index in [2.05, 4.69) is 15.2 Å². The van der Waals surface area contributed by atoms with Crippen molar-refractivity contribution in [1.82, 2.24) is 19.5 Å². The van der Waals surface area contributed by atoms with Gasteiger partial charge in [-0.1, -0.05) is 35.3 Å². The fourth-order valence-corrected chi connectivity index (χ4v) is 4.24. The number of hydrogen-bond donors (Lipinski definition) is 2. The van der Waals surface area contributed by atoms with E-state index in [-0.39, 0.29) is 10.8 Å². The molecule has 3 rings (SSSR count). The minimum atomic E-state index is -3.49. The summed E-state index contributed by atoms with van der Waals surface area (Å²) in [4.78, 5) is 4.25. The van der Waals surface area contributed by atoms with E-state index >= 15 is 0 Å². The Morgan fingerprint density at radius 1 is 1.11 bits per heavy atom. The number of nitrogens with zero attached hydrogens (tertiary/aromatic N) is 3. The van der Waals surface area contributed by atoms with Crippen LogP contribution in [0.15, 0.2) is 41.3 Å². The van der Waals surface area contributed by atoms with Crippen LogP contribution in [0, 0.1) is 0 Å². The highest BCUT2D eigenvalue weighted by Crippen LogP contribution is 2.36. The van der Waals surface area contributed by atoms with Crippen molar-refractivity contribution in [2.24, 2.45) is 0 Å². The quantitative estimate of drug-likeness (QED) is 0.652. The van der Waals surface area contributed by atoms with Gasteiger partial charge in [0.2, 0.25) is 16.0 Å². The van der Waals surface area contributed by atoms with Crippen LogP contribution >= 0.6 is 23.2 Å². The summed E-state index contributed by atoms with van der Waals surface area (Å²) in [6.45, 7) is 0. The second kappa shape index (κ2) is 7.47. The fourth-order valence-electron chi connectivity index (χ4n) is 2.59. The van der Waals surface area contributed by atoms with E-state index in [1.807, 2.05) is 0 Å². The average molecular weight is 426 g/mol. The first-order valence-electron chi connectivity index (χ1n) is 7.86. The van der Waals surface area contributed by atoms with Crippen LogP contribution in [0.4, 0.5) is 5.95 Å². The molecule has 10 heteroatoms. The smallest absolute Gasteiger partial charge is 0.242 e. The molecule has 1 heterocycles. The summed E-state index contributed by atoms with van der Waals surface area (Å²) < 4.78 is 25.5. The Morgan fingerprint density at radius 2 is 1.70 bits per heavy atom. The zero-order valence-corrected chi connectivity index (χ0v) is 16.9. The average Bonchev–Trinajstić information content (AvgIpc) is 2.99. The largest absolute Gasteiger partial charge is 0.367 e. The van der Waals surface area contributed by atoms with Crippen molar-refractivity contribution >= 4 is 39.2 Å². The lowest BCUT2D eigenvalue weighted by atomic mass is 10.0. The van der Waals surface area contributed by atoms with Gasteiger partial charge in [0.25, 0.3) is 0 Å². The maximum Gasteiger partial charge on any atom is 0.242 e. The molecular weight excluding hydrogens is 409 g/mol. The molecule has 0 aliphatic rings. The first-order chi connectivity index (χ1) is 12.7. The zero-order chi connectivity index (χ0) is 19.8. The van der Waals surface area contributed by atoms with Crippen LogP contribution in [0.1, 0.15) is 11.4 Å². The van der Waals surface area contributed by atoms with Gasteiger partial charge in [-0.3, -0.25) is 5.10 Å². The Labute approximate surface area is 167 Å². The molecule has 0 saturated carbocycles. The van der Waals surface area contributed by atoms with Gasteiger partial charge in [0, 0.05) is 26.1 Å². The van der Waals surface area contributed by atoms with Crippen molar-refractivity contribution in [3.05, 3.63) is 57.8 Å². The molecule has 0 aliphatic heterocycles. The number of benzene rings is 2. The van der Waals surface area contributed by atoms with Gasteiger partial charge >= 0.3 is 0 Å². The van der Waals surface area contributed by atoms with Gasteiger partial charge in [0.05, 0.1) is 14.9 Å². The van der Waals surface area contributed by atoms with Crippen LogP contribution in [-0.4, -0.2) is 42.0 Å². The number of anilines is 1. The van der Waals surface area contributed by atoms with Gasteiger partial charge in [-0.25, -0.2) is 12.7 Å². The summed E-state index contributed by atoms with van der Waals surface area (Å²) in [5.41, 5.74) is 7.70. The minimum Gasteiger partial charge on any atom is -0.367 e. The molecule has 27 heavy (non-hydrogen) atoms. The number of H-pyrrole nitrogens is 1. The lowest BCUT2D eigenvalue weighted by Gasteiger charge is -2.13. The fraction of sp³-hybridized carbons (Fsp3) is 0.176. The molecule has 0 unspecified atom stereocenters. The molecule has 0 atom stereocenters. The van der Waals surface area contributed by atoms with Crippen molar-refractivity contribution in [3.8, 4) is 11.1 Å². The van der Waals surface area contributed by atoms with Gasteiger partial charge in [-0.05, 0) is 35.4 Å². The van der Waals surface area contributed by atoms with Crippen molar-refractivity contribution in [3.63, 3.8) is 0 Å². The van der Waals surface area contributed by atoms with Crippen molar-refractivity contribution in [2.75, 3.05) is 19.8 Å². The number of hydrogen-bond acceptors (Lipinski definition) is 5. The molecule has 0 amide bonds. The van der Waals surface area contributed by atoms with Gasteiger partial charge in [-0.15, -0.1) is 5.10 Å². The summed E-state index contributed by atoms with van der Waals surface area (Å²) >= 11 is 12.9. The summed E-state index contributed by atoms with van der Waals surface area (Å²) in [5.74, 6) is 0.775. The lowest BCUT2D eigenvalue weighted by molar-refractivity contribution is 0.521. The van der Waals surface area contributed by atoms with Gasteiger partial charge in [0.15, 0.2) is 0 Å². The van der Waals surface area contributed by atoms with Crippen LogP contribution in [0.2, 0.25) is 10.0 Å². The Kier molecular flexibility index (Phi) is 5.43. The summed E-state index contributed by atoms with van der Waals surface area (Å²) in [7, 11) is -0.527. The molecule has 0 bridgehead atoms. The van der Waals surface area contributed by atoms with Crippen LogP contribution in [0.3, 0.4) is 0 Å². The van der Waals surface area contributed by atoms with Crippen LogP contribution in [0.25, 0.3) is 11.1 Å². The first-order valence-corrected chi connectivity index (χ1v) is 10.1. The van der Waals surface area contributed by atoms with E-state index in [0.29, 0.717) is 27.9 Å². The number of sulfonamides is 1. The number of aromatic amines is 1. The Balaban J connectivity index is 1.93. The summed E-state index contributed by atoms with van der Waals surface area (Å²) in [5, 5.41) is 7.43. The second-order valence-corrected chi connectivity index (χ2v) is 9.03. The molecular formula is C17H17Cl2N5O2S. The molecule has 0 spiro atoms. The highest BCUT2D eigenvalue weighted by atomic mass is 35.5. The number of nitrogens with two attached hydrogens (primary N) is 1. The molecule has 1 aromatic heterocycles. The molecule has 142 valence electrons. The highest BCUT2D eigenvalue weighted by Gasteiger charge is 2.18. The highest BCUT2D eigenvalue weighted by molar-refractivity contribution is 7.89. The number of nitrogen functional groups attached to an aromatic ring is 1. The zero-order valence-electron chi connectivity index (χ0n) is 14.6. The second-order valence-electron chi connectivity index (χ2n) is 6.06. The normalized spacial score (nSPS) is 11.9. The third-order valence-corrected chi connectivity index (χ3v) is 6.37. The van der Waals surface area contributed by atoms with E-state index < -0.39 is 10.0 Å². The molecule has 7 nitrogen and oxygen atoms in total. The number of rotatable bonds is 5. The van der Waals surface area contributed by atoms with E-state index in [4.69, 9.17) is 28.9 Å². The van der Waals surface area contributed by atoms with Crippen molar-refractivity contribution in [2.45, 2.75) is 11.3 Å². The van der Waals surface area contributed by atoms with Crippen LogP contribution in [0.5, 0.6) is 0 Å². The van der Waals surface area contributed by atoms with Crippen molar-refractivity contribution < 1.29 is 8.42 Å². The van der Waals surface area contributed by atoms with Crippen molar-refractivity contribution in [1.29, 1.82) is 0 Å². The molecule has 3 N–H and O–H groups in total. The third-order valence-electron chi connectivity index (χ3n) is 3.94. The molecule has 3 aromatic rings. The van der Waals surface area contributed by atoms with E-state index in [1.54, 1.807) is 24.3 Å². The Morgan fingerprint density at radius 3 is 2.19 bits per heavy atom. The predicted octanol–water partition coefficient (Wildman–Crippen LogP) is 3.20. The molecule has 2 aromatic carbocycles.